The molecular formula is C82H94N4O2S2. The first-order valence-corrected chi connectivity index (χ1v) is 36.7. The second kappa shape index (κ2) is 31.2. The maximum atomic E-state index is 15.7. The number of thiophene rings is 2. The van der Waals surface area contributed by atoms with Crippen LogP contribution < -0.4 is 0 Å². The van der Waals surface area contributed by atoms with Crippen LogP contribution in [0.1, 0.15) is 203 Å². The molecule has 0 spiro atoms. The molecule has 6 nitrogen and oxygen atoms in total. The van der Waals surface area contributed by atoms with Crippen molar-refractivity contribution in [2.75, 3.05) is 13.1 Å². The molecule has 0 fully saturated rings. The molecule has 6 heterocycles. The number of aromatic nitrogens is 2. The van der Waals surface area contributed by atoms with E-state index >= 15 is 9.59 Å². The first-order chi connectivity index (χ1) is 44.5. The highest BCUT2D eigenvalue weighted by Gasteiger charge is 2.49. The Labute approximate surface area is 544 Å². The summed E-state index contributed by atoms with van der Waals surface area (Å²) in [5.41, 5.74) is 12.0. The molecule has 2 amide bonds. The number of hydrogen-bond acceptors (Lipinski definition) is 4. The van der Waals surface area contributed by atoms with Gasteiger partial charge in [-0.2, -0.15) is 0 Å². The Morgan fingerprint density at radius 2 is 0.533 bits per heavy atom. The van der Waals surface area contributed by atoms with Gasteiger partial charge in [-0.05, 0) is 96.8 Å². The standard InChI is InChI=1S/C82H94N4O2S2/c1-3-5-7-9-11-13-15-17-19-21-23-25-27-37-59-83-79(75-57-55-73(89-75)61-47-51-63(52-48-61)85-69-43-33-29-39-65(69)66-40-30-34-44-70(66)85)77-78(81(83)87)80(84(82(77)88)60-38-28-26-24-22-20-18-16-14-12-10-8-6-4-2)76-58-56-74(90-76)62-49-53-64(54-50-62)86-71-45-35-31-41-67(71)68-42-32-36-46-72(68)86/h29-36,39-58H,3-28,37-38,59-60H2,1-2H3. The number of para-hydroxylation sites is 4. The molecule has 0 radical (unpaired) electrons. The number of carbonyl (C=O) groups is 2. The van der Waals surface area contributed by atoms with E-state index in [4.69, 9.17) is 0 Å². The third kappa shape index (κ3) is 14.1. The normalized spacial score (nSPS) is 13.6. The fourth-order valence-corrected chi connectivity index (χ4v) is 16.6. The fraction of sp³-hybridized carbons (Fsp3) is 0.390. The molecule has 0 aliphatic carbocycles. The minimum absolute atomic E-state index is 0.0301. The van der Waals surface area contributed by atoms with Gasteiger partial charge in [0.2, 0.25) is 0 Å². The third-order valence-corrected chi connectivity index (χ3v) is 21.6. The zero-order chi connectivity index (χ0) is 61.4. The van der Waals surface area contributed by atoms with Gasteiger partial charge < -0.3 is 18.9 Å². The fourth-order valence-electron chi connectivity index (χ4n) is 14.5. The maximum absolute atomic E-state index is 15.7. The molecule has 4 aromatic heterocycles. The molecule has 0 atom stereocenters. The number of rotatable bonds is 36. The van der Waals surface area contributed by atoms with Crippen LogP contribution in [0.5, 0.6) is 0 Å². The van der Waals surface area contributed by atoms with Crippen molar-refractivity contribution in [3.63, 3.8) is 0 Å². The lowest BCUT2D eigenvalue weighted by molar-refractivity contribution is -0.124. The summed E-state index contributed by atoms with van der Waals surface area (Å²) in [4.78, 5) is 39.6. The van der Waals surface area contributed by atoms with E-state index in [1.807, 2.05) is 9.80 Å². The van der Waals surface area contributed by atoms with Gasteiger partial charge >= 0.3 is 0 Å². The van der Waals surface area contributed by atoms with Gasteiger partial charge in [0.15, 0.2) is 0 Å². The molecule has 10 aromatic rings. The highest BCUT2D eigenvalue weighted by molar-refractivity contribution is 7.17. The van der Waals surface area contributed by atoms with E-state index in [9.17, 15) is 0 Å². The van der Waals surface area contributed by atoms with Crippen LogP contribution in [-0.2, 0) is 9.59 Å². The number of nitrogens with zero attached hydrogens (tertiary/aromatic N) is 4. The molecule has 2 aliphatic rings. The first-order valence-electron chi connectivity index (χ1n) is 35.0. The number of hydrogen-bond donors (Lipinski definition) is 0. The van der Waals surface area contributed by atoms with Crippen molar-refractivity contribution in [3.05, 3.63) is 191 Å². The molecule has 8 heteroatoms. The summed E-state index contributed by atoms with van der Waals surface area (Å²) in [6.45, 7) is 5.76. The van der Waals surface area contributed by atoms with Gasteiger partial charge in [0.05, 0.1) is 54.4 Å². The maximum Gasteiger partial charge on any atom is 0.261 e. The van der Waals surface area contributed by atoms with Crippen LogP contribution in [-0.4, -0.2) is 43.8 Å². The topological polar surface area (TPSA) is 50.5 Å². The summed E-state index contributed by atoms with van der Waals surface area (Å²) in [5.74, 6) is -0.0603. The summed E-state index contributed by atoms with van der Waals surface area (Å²) in [6.07, 6.45) is 35.7. The van der Waals surface area contributed by atoms with E-state index in [1.54, 1.807) is 22.7 Å². The predicted octanol–water partition coefficient (Wildman–Crippen LogP) is 24.1. The minimum atomic E-state index is -0.0301. The number of fused-ring (bicyclic) bond motifs is 7. The molecule has 2 aliphatic heterocycles. The van der Waals surface area contributed by atoms with Crippen molar-refractivity contribution in [1.82, 2.24) is 18.9 Å². The Balaban J connectivity index is 0.816. The van der Waals surface area contributed by atoms with E-state index in [1.165, 1.54) is 185 Å². The molecule has 0 bridgehead atoms. The Hall–Kier alpha value is -7.26. The largest absolute Gasteiger partial charge is 0.309 e. The van der Waals surface area contributed by atoms with Gasteiger partial charge in [-0.3, -0.25) is 9.59 Å². The molecule has 90 heavy (non-hydrogen) atoms. The monoisotopic (exact) mass is 1230 g/mol. The van der Waals surface area contributed by atoms with Gasteiger partial charge in [-0.1, -0.05) is 278 Å². The van der Waals surface area contributed by atoms with Gasteiger partial charge in [0.1, 0.15) is 0 Å². The van der Waals surface area contributed by atoms with Crippen molar-refractivity contribution in [2.24, 2.45) is 0 Å². The molecule has 466 valence electrons. The van der Waals surface area contributed by atoms with Crippen LogP contribution in [0.2, 0.25) is 0 Å². The summed E-state index contributed by atoms with van der Waals surface area (Å²) in [5, 5.41) is 4.99. The second-order valence-electron chi connectivity index (χ2n) is 25.7. The lowest BCUT2D eigenvalue weighted by atomic mass is 10.0. The highest BCUT2D eigenvalue weighted by Crippen LogP contribution is 2.50. The third-order valence-electron chi connectivity index (χ3n) is 19.3. The number of unbranched alkanes of at least 4 members (excludes halogenated alkanes) is 26. The molecule has 0 saturated carbocycles. The average Bonchev–Trinajstić information content (AvgIpc) is 1.57. The number of carbonyl (C=O) groups excluding carboxylic acids is 2. The highest BCUT2D eigenvalue weighted by atomic mass is 32.1. The molecule has 12 rings (SSSR count). The lowest BCUT2D eigenvalue weighted by Gasteiger charge is -2.24. The summed E-state index contributed by atoms with van der Waals surface area (Å²) < 4.78 is 4.73. The predicted molar refractivity (Wildman–Crippen MR) is 386 cm³/mol. The average molecular weight is 1230 g/mol. The van der Waals surface area contributed by atoms with E-state index < -0.39 is 0 Å². The van der Waals surface area contributed by atoms with Crippen LogP contribution in [0.3, 0.4) is 0 Å². The van der Waals surface area contributed by atoms with Gasteiger partial charge in [-0.15, -0.1) is 22.7 Å². The molecule has 6 aromatic carbocycles. The summed E-state index contributed by atoms with van der Waals surface area (Å²) >= 11 is 3.40. The quantitative estimate of drug-likeness (QED) is 0.0368. The number of benzene rings is 6. The lowest BCUT2D eigenvalue weighted by Crippen LogP contribution is -2.30. The van der Waals surface area contributed by atoms with E-state index in [0.29, 0.717) is 24.2 Å². The van der Waals surface area contributed by atoms with Crippen molar-refractivity contribution in [3.8, 4) is 32.3 Å². The Morgan fingerprint density at radius 3 is 0.822 bits per heavy atom. The number of amides is 2. The summed E-state index contributed by atoms with van der Waals surface area (Å²) in [6, 6.07) is 61.2. The zero-order valence-electron chi connectivity index (χ0n) is 53.8. The van der Waals surface area contributed by atoms with Crippen LogP contribution in [0.4, 0.5) is 0 Å². The molecule has 0 N–H and O–H groups in total. The smallest absolute Gasteiger partial charge is 0.261 e. The van der Waals surface area contributed by atoms with Crippen LogP contribution in [0.25, 0.3) is 87.3 Å². The Morgan fingerprint density at radius 1 is 0.278 bits per heavy atom. The molecule has 0 saturated heterocycles. The minimum Gasteiger partial charge on any atom is -0.309 e. The van der Waals surface area contributed by atoms with Gasteiger partial charge in [-0.25, -0.2) is 0 Å². The zero-order valence-corrected chi connectivity index (χ0v) is 55.4. The molecule has 0 unspecified atom stereocenters. The van der Waals surface area contributed by atoms with E-state index in [0.717, 1.165) is 91.9 Å². The van der Waals surface area contributed by atoms with Crippen molar-refractivity contribution < 1.29 is 9.59 Å². The second-order valence-corrected chi connectivity index (χ2v) is 27.9. The van der Waals surface area contributed by atoms with Crippen molar-refractivity contribution in [2.45, 2.75) is 194 Å². The Bertz CT molecular complexity index is 3700. The van der Waals surface area contributed by atoms with Gasteiger partial charge in [0, 0.05) is 55.8 Å². The van der Waals surface area contributed by atoms with Crippen molar-refractivity contribution in [1.29, 1.82) is 0 Å². The summed E-state index contributed by atoms with van der Waals surface area (Å²) in [7, 11) is 0. The van der Waals surface area contributed by atoms with Crippen LogP contribution >= 0.6 is 22.7 Å². The van der Waals surface area contributed by atoms with Gasteiger partial charge in [0.25, 0.3) is 11.8 Å². The van der Waals surface area contributed by atoms with Crippen molar-refractivity contribution >= 4 is 89.5 Å². The SMILES string of the molecule is CCCCCCCCCCCCCCCCN1C(=O)C2=C(c3ccc(-c4ccc(-n5c6ccccc6c6ccccc65)cc4)s3)N(CCCCCCCCCCCCCCCC)C(=O)C2=C1c1ccc(-c2ccc(-n3c4ccccc4c4ccccc43)cc2)s1. The Kier molecular flexibility index (Phi) is 21.8. The van der Waals surface area contributed by atoms with Crippen LogP contribution in [0.15, 0.2) is 181 Å². The first kappa shape index (κ1) is 62.9. The van der Waals surface area contributed by atoms with Crippen LogP contribution in [0, 0.1) is 0 Å². The van der Waals surface area contributed by atoms with E-state index in [2.05, 4.69) is 193 Å². The molecular weight excluding hydrogens is 1140 g/mol. The van der Waals surface area contributed by atoms with E-state index in [-0.39, 0.29) is 11.8 Å².